The quantitative estimate of drug-likeness (QED) is 0.154. The van der Waals surface area contributed by atoms with Crippen LogP contribution in [-0.4, -0.2) is 0 Å². The highest BCUT2D eigenvalue weighted by molar-refractivity contribution is 5.99. The van der Waals surface area contributed by atoms with Gasteiger partial charge in [0.1, 0.15) is 0 Å². The van der Waals surface area contributed by atoms with Crippen molar-refractivity contribution in [3.05, 3.63) is 201 Å². The van der Waals surface area contributed by atoms with Crippen LogP contribution in [-0.2, 0) is 0 Å². The number of para-hydroxylation sites is 1. The first-order valence-corrected chi connectivity index (χ1v) is 15.5. The molecule has 0 aliphatic carbocycles. The van der Waals surface area contributed by atoms with Crippen molar-refractivity contribution < 1.29 is 0 Å². The van der Waals surface area contributed by atoms with E-state index in [2.05, 4.69) is 187 Å². The van der Waals surface area contributed by atoms with Gasteiger partial charge in [-0.2, -0.15) is 0 Å². The van der Waals surface area contributed by atoms with Crippen molar-refractivity contribution in [3.63, 3.8) is 0 Å². The summed E-state index contributed by atoms with van der Waals surface area (Å²) in [7, 11) is 0. The molecule has 7 aromatic carbocycles. The number of anilines is 5. The Morgan fingerprint density at radius 2 is 0.913 bits per heavy atom. The van der Waals surface area contributed by atoms with Crippen LogP contribution in [0.1, 0.15) is 0 Å². The fourth-order valence-electron chi connectivity index (χ4n) is 6.20. The minimum Gasteiger partial charge on any atom is -0.310 e. The number of fused-ring (bicyclic) bond motifs is 2. The zero-order valence-electron chi connectivity index (χ0n) is 25.6. The third kappa shape index (κ3) is 5.49. The molecule has 0 aliphatic heterocycles. The van der Waals surface area contributed by atoms with Crippen LogP contribution >= 0.6 is 0 Å². The van der Waals surface area contributed by atoms with Gasteiger partial charge in [0.05, 0.1) is 11.4 Å². The van der Waals surface area contributed by atoms with Gasteiger partial charge in [-0.15, -0.1) is 0 Å². The summed E-state index contributed by atoms with van der Waals surface area (Å²) in [6.45, 7) is 8.07. The smallest absolute Gasteiger partial charge is 0.0540 e. The lowest BCUT2D eigenvalue weighted by Crippen LogP contribution is -2.15. The Bertz CT molecular complexity index is 2160. The van der Waals surface area contributed by atoms with Crippen LogP contribution in [0.2, 0.25) is 0 Å². The van der Waals surface area contributed by atoms with E-state index in [9.17, 15) is 0 Å². The number of nitrogens with zero attached hydrogens (tertiary/aromatic N) is 2. The number of benzene rings is 7. The fraction of sp³-hybridized carbons (Fsp3) is 0. The molecule has 0 atom stereocenters. The summed E-state index contributed by atoms with van der Waals surface area (Å²) in [6, 6.07) is 58.1. The largest absolute Gasteiger partial charge is 0.310 e. The molecule has 0 aromatic heterocycles. The minimum atomic E-state index is 0.956. The Balaban J connectivity index is 1.26. The maximum atomic E-state index is 4.12. The molecule has 7 aromatic rings. The molecule has 0 heterocycles. The van der Waals surface area contributed by atoms with Gasteiger partial charge in [0.15, 0.2) is 0 Å². The molecule has 2 heteroatoms. The molecule has 0 spiro atoms. The van der Waals surface area contributed by atoms with E-state index in [1.165, 1.54) is 21.5 Å². The number of hydrogen-bond donors (Lipinski definition) is 0. The Morgan fingerprint density at radius 1 is 0.435 bits per heavy atom. The molecule has 0 fully saturated rings. The molecular weight excluding hydrogens is 556 g/mol. The average molecular weight is 591 g/mol. The van der Waals surface area contributed by atoms with Gasteiger partial charge < -0.3 is 9.80 Å². The van der Waals surface area contributed by atoms with Gasteiger partial charge in [-0.05, 0) is 82.6 Å². The minimum absolute atomic E-state index is 0.956. The predicted molar refractivity (Wildman–Crippen MR) is 199 cm³/mol. The zero-order chi connectivity index (χ0) is 31.3. The van der Waals surface area contributed by atoms with Crippen molar-refractivity contribution in [1.29, 1.82) is 0 Å². The summed E-state index contributed by atoms with van der Waals surface area (Å²) < 4.78 is 0. The fourth-order valence-corrected chi connectivity index (χ4v) is 6.20. The van der Waals surface area contributed by atoms with Crippen molar-refractivity contribution in [1.82, 2.24) is 0 Å². The first kappa shape index (κ1) is 28.6. The summed E-state index contributed by atoms with van der Waals surface area (Å²) in [4.78, 5) is 4.58. The highest BCUT2D eigenvalue weighted by atomic mass is 15.2. The lowest BCUT2D eigenvalue weighted by atomic mass is 10.0. The Hall–Kier alpha value is -6.12. The molecule has 0 radical (unpaired) electrons. The average Bonchev–Trinajstić information content (AvgIpc) is 3.13. The van der Waals surface area contributed by atoms with Crippen LogP contribution in [0.4, 0.5) is 28.4 Å². The summed E-state index contributed by atoms with van der Waals surface area (Å²) >= 11 is 0. The Morgan fingerprint density at radius 3 is 1.50 bits per heavy atom. The summed E-state index contributed by atoms with van der Waals surface area (Å²) in [5, 5.41) is 4.80. The van der Waals surface area contributed by atoms with Gasteiger partial charge in [-0.3, -0.25) is 0 Å². The van der Waals surface area contributed by atoms with E-state index in [4.69, 9.17) is 0 Å². The second kappa shape index (κ2) is 12.9. The zero-order valence-corrected chi connectivity index (χ0v) is 25.6. The summed E-state index contributed by atoms with van der Waals surface area (Å²) in [6.07, 6.45) is 5.68. The lowest BCUT2D eigenvalue weighted by molar-refractivity contribution is 1.22. The summed E-state index contributed by atoms with van der Waals surface area (Å²) in [5.41, 5.74) is 8.79. The predicted octanol–water partition coefficient (Wildman–Crippen LogP) is 12.5. The van der Waals surface area contributed by atoms with Crippen molar-refractivity contribution in [2.45, 2.75) is 0 Å². The first-order valence-electron chi connectivity index (χ1n) is 15.5. The molecular formula is C44H34N2. The van der Waals surface area contributed by atoms with Crippen molar-refractivity contribution in [3.8, 4) is 11.1 Å². The normalized spacial score (nSPS) is 11.3. The summed E-state index contributed by atoms with van der Waals surface area (Å²) in [5.74, 6) is 0. The van der Waals surface area contributed by atoms with Gasteiger partial charge >= 0.3 is 0 Å². The van der Waals surface area contributed by atoms with Crippen LogP contribution in [0.3, 0.4) is 0 Å². The molecule has 0 amide bonds. The highest BCUT2D eigenvalue weighted by Gasteiger charge is 2.17. The van der Waals surface area contributed by atoms with E-state index in [0.717, 1.165) is 45.3 Å². The van der Waals surface area contributed by atoms with Gasteiger partial charge in [0.2, 0.25) is 0 Å². The maximum Gasteiger partial charge on any atom is 0.0540 e. The van der Waals surface area contributed by atoms with Crippen molar-refractivity contribution >= 4 is 50.0 Å². The number of allylic oxidation sites excluding steroid dienone is 3. The van der Waals surface area contributed by atoms with Crippen molar-refractivity contribution in [2.75, 3.05) is 9.80 Å². The highest BCUT2D eigenvalue weighted by Crippen LogP contribution is 2.40. The molecule has 0 N–H and O–H groups in total. The Kier molecular flexibility index (Phi) is 8.00. The van der Waals surface area contributed by atoms with E-state index in [-0.39, 0.29) is 0 Å². The lowest BCUT2D eigenvalue weighted by Gasteiger charge is -2.28. The molecule has 7 rings (SSSR count). The third-order valence-corrected chi connectivity index (χ3v) is 8.37. The van der Waals surface area contributed by atoms with Crippen molar-refractivity contribution in [2.24, 2.45) is 0 Å². The molecule has 0 unspecified atom stereocenters. The topological polar surface area (TPSA) is 6.48 Å². The van der Waals surface area contributed by atoms with Crippen LogP contribution in [0.15, 0.2) is 201 Å². The molecule has 2 nitrogen and oxygen atoms in total. The standard InChI is InChI=1S/C44H34N2/c1-3-14-37(4-2)45(43-23-12-17-35-15-8-10-21-41(35)43)39-29-25-33(26-30-39)34-27-31-40(32-28-34)46(38-19-6-5-7-20-38)44-24-13-18-36-16-9-11-22-42(36)44/h3-32H,1-2H2/b37-14+. The van der Waals surface area contributed by atoms with E-state index >= 15 is 0 Å². The monoisotopic (exact) mass is 590 g/mol. The molecule has 0 aliphatic rings. The SMILES string of the molecule is C=C/C=C(\C=C)N(c1ccc(-c2ccc(N(c3ccccc3)c3cccc4ccccc34)cc2)cc1)c1cccc2ccccc12. The molecule has 0 bridgehead atoms. The van der Waals surface area contributed by atoms with Crippen LogP contribution in [0, 0.1) is 0 Å². The number of hydrogen-bond acceptors (Lipinski definition) is 2. The molecule has 220 valence electrons. The van der Waals surface area contributed by atoms with Gasteiger partial charge in [-0.25, -0.2) is 0 Å². The van der Waals surface area contributed by atoms with Crippen LogP contribution in [0.25, 0.3) is 32.7 Å². The Labute approximate surface area is 271 Å². The van der Waals surface area contributed by atoms with E-state index in [1.807, 2.05) is 18.2 Å². The van der Waals surface area contributed by atoms with Gasteiger partial charge in [-0.1, -0.05) is 134 Å². The maximum absolute atomic E-state index is 4.12. The third-order valence-electron chi connectivity index (χ3n) is 8.37. The molecule has 46 heavy (non-hydrogen) atoms. The van der Waals surface area contributed by atoms with Gasteiger partial charge in [0, 0.05) is 33.5 Å². The number of rotatable bonds is 9. The van der Waals surface area contributed by atoms with E-state index < -0.39 is 0 Å². The van der Waals surface area contributed by atoms with Gasteiger partial charge in [0.25, 0.3) is 0 Å². The van der Waals surface area contributed by atoms with E-state index in [0.29, 0.717) is 0 Å². The first-order chi connectivity index (χ1) is 22.7. The van der Waals surface area contributed by atoms with E-state index in [1.54, 1.807) is 0 Å². The second-order valence-electron chi connectivity index (χ2n) is 11.1. The van der Waals surface area contributed by atoms with Crippen LogP contribution < -0.4 is 9.80 Å². The molecule has 0 saturated heterocycles. The van der Waals surface area contributed by atoms with Crippen LogP contribution in [0.5, 0.6) is 0 Å². The molecule has 0 saturated carbocycles. The second-order valence-corrected chi connectivity index (χ2v) is 11.1.